The predicted octanol–water partition coefficient (Wildman–Crippen LogP) is 2.28. The molecule has 0 amide bonds. The highest BCUT2D eigenvalue weighted by atomic mass is 16.5. The summed E-state index contributed by atoms with van der Waals surface area (Å²) in [6.07, 6.45) is 5.01. The summed E-state index contributed by atoms with van der Waals surface area (Å²) in [5, 5.41) is 2.09. The standard InChI is InChI=1S/C14H12N4O/c1-19-13-12(17-8-18-14(13)15)11-4-2-3-9-7-16-6-5-10(9)11/h2-8H,1H3,(H2,15,17,18). The van der Waals surface area contributed by atoms with Gasteiger partial charge in [-0.25, -0.2) is 9.97 Å². The topological polar surface area (TPSA) is 73.9 Å². The van der Waals surface area contributed by atoms with E-state index < -0.39 is 0 Å². The van der Waals surface area contributed by atoms with Gasteiger partial charge in [-0.05, 0) is 11.5 Å². The molecule has 2 N–H and O–H groups in total. The van der Waals surface area contributed by atoms with Crippen molar-refractivity contribution in [1.29, 1.82) is 0 Å². The van der Waals surface area contributed by atoms with E-state index in [0.29, 0.717) is 17.3 Å². The second kappa shape index (κ2) is 4.53. The molecule has 0 aliphatic rings. The number of benzene rings is 1. The maximum Gasteiger partial charge on any atom is 0.187 e. The number of fused-ring (bicyclic) bond motifs is 1. The van der Waals surface area contributed by atoms with Gasteiger partial charge in [0.15, 0.2) is 11.6 Å². The molecule has 0 saturated carbocycles. The summed E-state index contributed by atoms with van der Waals surface area (Å²) in [4.78, 5) is 12.4. The Morgan fingerprint density at radius 1 is 1.16 bits per heavy atom. The molecule has 0 fully saturated rings. The number of hydrogen-bond donors (Lipinski definition) is 1. The number of nitrogens with two attached hydrogens (primary N) is 1. The van der Waals surface area contributed by atoms with Crippen molar-refractivity contribution in [1.82, 2.24) is 15.0 Å². The maximum atomic E-state index is 5.82. The minimum absolute atomic E-state index is 0.332. The Balaban J connectivity index is 2.34. The molecule has 3 aromatic rings. The predicted molar refractivity (Wildman–Crippen MR) is 73.7 cm³/mol. The van der Waals surface area contributed by atoms with Crippen molar-refractivity contribution in [3.8, 4) is 17.0 Å². The minimum atomic E-state index is 0.332. The molecule has 19 heavy (non-hydrogen) atoms. The van der Waals surface area contributed by atoms with E-state index in [2.05, 4.69) is 15.0 Å². The second-order valence-corrected chi connectivity index (χ2v) is 4.04. The van der Waals surface area contributed by atoms with Crippen molar-refractivity contribution >= 4 is 16.6 Å². The normalized spacial score (nSPS) is 10.6. The lowest BCUT2D eigenvalue weighted by Gasteiger charge is -2.11. The zero-order chi connectivity index (χ0) is 13.2. The number of aromatic nitrogens is 3. The molecule has 0 radical (unpaired) electrons. The van der Waals surface area contributed by atoms with Gasteiger partial charge in [0.2, 0.25) is 0 Å². The van der Waals surface area contributed by atoms with E-state index in [1.165, 1.54) is 6.33 Å². The Morgan fingerprint density at radius 2 is 2.05 bits per heavy atom. The van der Waals surface area contributed by atoms with E-state index in [1.54, 1.807) is 13.3 Å². The van der Waals surface area contributed by atoms with Crippen LogP contribution in [0.1, 0.15) is 0 Å². The first-order valence-electron chi connectivity index (χ1n) is 5.79. The van der Waals surface area contributed by atoms with E-state index in [1.807, 2.05) is 30.5 Å². The van der Waals surface area contributed by atoms with Gasteiger partial charge >= 0.3 is 0 Å². The number of ether oxygens (including phenoxy) is 1. The number of methoxy groups -OCH3 is 1. The van der Waals surface area contributed by atoms with Crippen molar-refractivity contribution in [2.75, 3.05) is 12.8 Å². The van der Waals surface area contributed by atoms with Crippen molar-refractivity contribution in [2.24, 2.45) is 0 Å². The van der Waals surface area contributed by atoms with Gasteiger partial charge in [0.25, 0.3) is 0 Å². The van der Waals surface area contributed by atoms with Crippen LogP contribution in [0.3, 0.4) is 0 Å². The van der Waals surface area contributed by atoms with Crippen LogP contribution >= 0.6 is 0 Å². The zero-order valence-corrected chi connectivity index (χ0v) is 10.4. The van der Waals surface area contributed by atoms with Crippen LogP contribution in [0.25, 0.3) is 22.0 Å². The quantitative estimate of drug-likeness (QED) is 0.757. The van der Waals surface area contributed by atoms with Crippen LogP contribution in [-0.4, -0.2) is 22.1 Å². The van der Waals surface area contributed by atoms with Gasteiger partial charge in [0.05, 0.1) is 7.11 Å². The van der Waals surface area contributed by atoms with E-state index >= 15 is 0 Å². The van der Waals surface area contributed by atoms with E-state index in [4.69, 9.17) is 10.5 Å². The van der Waals surface area contributed by atoms with Gasteiger partial charge in [-0.1, -0.05) is 18.2 Å². The minimum Gasteiger partial charge on any atom is -0.491 e. The number of pyridine rings is 1. The SMILES string of the molecule is COc1c(N)ncnc1-c1cccc2cnccc12. The van der Waals surface area contributed by atoms with Crippen molar-refractivity contribution in [2.45, 2.75) is 0 Å². The molecule has 5 heteroatoms. The highest BCUT2D eigenvalue weighted by molar-refractivity contribution is 5.97. The molecule has 0 aliphatic carbocycles. The number of hydrogen-bond acceptors (Lipinski definition) is 5. The molecule has 0 bridgehead atoms. The van der Waals surface area contributed by atoms with Crippen molar-refractivity contribution in [3.63, 3.8) is 0 Å². The average Bonchev–Trinajstić information content (AvgIpc) is 2.46. The van der Waals surface area contributed by atoms with Crippen LogP contribution in [0.2, 0.25) is 0 Å². The van der Waals surface area contributed by atoms with Gasteiger partial charge in [0.1, 0.15) is 12.0 Å². The van der Waals surface area contributed by atoms with Crippen LogP contribution in [-0.2, 0) is 0 Å². The molecular formula is C14H12N4O. The lowest BCUT2D eigenvalue weighted by Crippen LogP contribution is -2.00. The number of nitrogens with zero attached hydrogens (tertiary/aromatic N) is 3. The Hall–Kier alpha value is -2.69. The fourth-order valence-electron chi connectivity index (χ4n) is 2.11. The van der Waals surface area contributed by atoms with Crippen molar-refractivity contribution < 1.29 is 4.74 Å². The summed E-state index contributed by atoms with van der Waals surface area (Å²) >= 11 is 0. The van der Waals surface area contributed by atoms with E-state index in [0.717, 1.165) is 16.3 Å². The summed E-state index contributed by atoms with van der Waals surface area (Å²) < 4.78 is 5.31. The van der Waals surface area contributed by atoms with E-state index in [-0.39, 0.29) is 0 Å². The molecular weight excluding hydrogens is 240 g/mol. The lowest BCUT2D eigenvalue weighted by molar-refractivity contribution is 0.415. The highest BCUT2D eigenvalue weighted by Crippen LogP contribution is 2.35. The molecule has 94 valence electrons. The molecule has 0 saturated heterocycles. The van der Waals surface area contributed by atoms with Gasteiger partial charge < -0.3 is 10.5 Å². The first kappa shape index (κ1) is 11.4. The summed E-state index contributed by atoms with van der Waals surface area (Å²) in [6.45, 7) is 0. The van der Waals surface area contributed by atoms with Gasteiger partial charge in [-0.15, -0.1) is 0 Å². The Kier molecular flexibility index (Phi) is 2.72. The Labute approximate surface area is 110 Å². The number of rotatable bonds is 2. The monoisotopic (exact) mass is 252 g/mol. The van der Waals surface area contributed by atoms with Gasteiger partial charge in [0, 0.05) is 23.3 Å². The zero-order valence-electron chi connectivity index (χ0n) is 10.4. The van der Waals surface area contributed by atoms with Crippen LogP contribution in [0.15, 0.2) is 43.0 Å². The second-order valence-electron chi connectivity index (χ2n) is 4.04. The van der Waals surface area contributed by atoms with Gasteiger partial charge in [-0.3, -0.25) is 4.98 Å². The molecule has 0 atom stereocenters. The van der Waals surface area contributed by atoms with Gasteiger partial charge in [-0.2, -0.15) is 0 Å². The van der Waals surface area contributed by atoms with Crippen LogP contribution in [0.5, 0.6) is 5.75 Å². The summed E-state index contributed by atoms with van der Waals surface area (Å²) in [7, 11) is 1.56. The number of nitrogen functional groups attached to an aromatic ring is 1. The molecule has 5 nitrogen and oxygen atoms in total. The first-order valence-corrected chi connectivity index (χ1v) is 5.79. The molecule has 2 heterocycles. The molecule has 3 rings (SSSR count). The molecule has 0 aliphatic heterocycles. The summed E-state index contributed by atoms with van der Waals surface area (Å²) in [5.41, 5.74) is 7.46. The Bertz CT molecular complexity index is 737. The maximum absolute atomic E-state index is 5.82. The molecule has 0 unspecified atom stereocenters. The summed E-state index contributed by atoms with van der Waals surface area (Å²) in [5.74, 6) is 0.824. The lowest BCUT2D eigenvalue weighted by atomic mass is 10.0. The third-order valence-electron chi connectivity index (χ3n) is 2.97. The summed E-state index contributed by atoms with van der Waals surface area (Å²) in [6, 6.07) is 7.88. The first-order chi connectivity index (χ1) is 9.31. The van der Waals surface area contributed by atoms with Crippen LogP contribution in [0, 0.1) is 0 Å². The largest absolute Gasteiger partial charge is 0.491 e. The molecule has 1 aromatic carbocycles. The van der Waals surface area contributed by atoms with E-state index in [9.17, 15) is 0 Å². The molecule has 0 spiro atoms. The fraction of sp³-hybridized carbons (Fsp3) is 0.0714. The molecule has 2 aromatic heterocycles. The average molecular weight is 252 g/mol. The fourth-order valence-corrected chi connectivity index (χ4v) is 2.11. The van der Waals surface area contributed by atoms with Crippen LogP contribution in [0.4, 0.5) is 5.82 Å². The Morgan fingerprint density at radius 3 is 2.89 bits per heavy atom. The van der Waals surface area contributed by atoms with Crippen LogP contribution < -0.4 is 10.5 Å². The third kappa shape index (κ3) is 1.85. The number of anilines is 1. The smallest absolute Gasteiger partial charge is 0.187 e. The van der Waals surface area contributed by atoms with Crippen molar-refractivity contribution in [3.05, 3.63) is 43.0 Å². The third-order valence-corrected chi connectivity index (χ3v) is 2.97. The highest BCUT2D eigenvalue weighted by Gasteiger charge is 2.13.